The Kier molecular flexibility index (Phi) is 3.76. The van der Waals surface area contributed by atoms with Gasteiger partial charge in [-0.05, 0) is 31.2 Å². The molecule has 0 unspecified atom stereocenters. The highest BCUT2D eigenvalue weighted by Gasteiger charge is 2.35. The van der Waals surface area contributed by atoms with Crippen molar-refractivity contribution in [2.24, 2.45) is 5.92 Å². The van der Waals surface area contributed by atoms with Crippen molar-refractivity contribution in [3.8, 4) is 5.75 Å². The number of phenolic OH excluding ortho intramolecular Hbond substituents is 1. The Morgan fingerprint density at radius 1 is 1.26 bits per heavy atom. The van der Waals surface area contributed by atoms with Crippen molar-refractivity contribution >= 4 is 0 Å². The lowest BCUT2D eigenvalue weighted by Gasteiger charge is -2.43. The standard InChI is InChI=1S/C16H24N2O/c1-12-4-2-7-14(16(12)19)15(13-5-3-6-13)18-10-8-17-9-11-18/h2,4,7,13,15,17,19H,3,5-6,8-11H2,1H3/t15-/m0/s1. The third kappa shape index (κ3) is 2.49. The van der Waals surface area contributed by atoms with Crippen LogP contribution in [0.1, 0.15) is 36.4 Å². The topological polar surface area (TPSA) is 35.5 Å². The van der Waals surface area contributed by atoms with Gasteiger partial charge in [-0.15, -0.1) is 0 Å². The SMILES string of the molecule is Cc1cccc([C@H](C2CCC2)N2CCNCC2)c1O. The summed E-state index contributed by atoms with van der Waals surface area (Å²) in [6.07, 6.45) is 3.96. The van der Waals surface area contributed by atoms with Crippen LogP contribution in [0.5, 0.6) is 5.75 Å². The van der Waals surface area contributed by atoms with Gasteiger partial charge in [-0.3, -0.25) is 4.90 Å². The molecule has 1 heterocycles. The van der Waals surface area contributed by atoms with Gasteiger partial charge in [0.15, 0.2) is 0 Å². The molecule has 0 bridgehead atoms. The highest BCUT2D eigenvalue weighted by Crippen LogP contribution is 2.44. The number of piperazine rings is 1. The molecule has 1 aliphatic carbocycles. The maximum atomic E-state index is 10.4. The molecule has 104 valence electrons. The predicted molar refractivity (Wildman–Crippen MR) is 77.4 cm³/mol. The molecule has 1 atom stereocenters. The molecule has 19 heavy (non-hydrogen) atoms. The molecule has 1 aromatic rings. The third-order valence-electron chi connectivity index (χ3n) is 4.73. The smallest absolute Gasteiger partial charge is 0.123 e. The number of phenols is 1. The Balaban J connectivity index is 1.91. The minimum atomic E-state index is 0.413. The van der Waals surface area contributed by atoms with E-state index in [2.05, 4.69) is 22.3 Å². The molecule has 3 nitrogen and oxygen atoms in total. The largest absolute Gasteiger partial charge is 0.507 e. The molecule has 0 radical (unpaired) electrons. The molecule has 3 heteroatoms. The second-order valence-electron chi connectivity index (χ2n) is 5.93. The summed E-state index contributed by atoms with van der Waals surface area (Å²) in [5.41, 5.74) is 2.14. The molecule has 1 aliphatic heterocycles. The Hall–Kier alpha value is -1.06. The van der Waals surface area contributed by atoms with Crippen molar-refractivity contribution in [3.63, 3.8) is 0 Å². The zero-order valence-electron chi connectivity index (χ0n) is 11.7. The van der Waals surface area contributed by atoms with Gasteiger partial charge >= 0.3 is 0 Å². The highest BCUT2D eigenvalue weighted by molar-refractivity contribution is 5.42. The lowest BCUT2D eigenvalue weighted by molar-refractivity contribution is 0.0819. The molecule has 0 spiro atoms. The Morgan fingerprint density at radius 2 is 2.00 bits per heavy atom. The van der Waals surface area contributed by atoms with Crippen LogP contribution < -0.4 is 5.32 Å². The molecule has 1 saturated heterocycles. The van der Waals surface area contributed by atoms with Gasteiger partial charge in [-0.1, -0.05) is 24.6 Å². The molecule has 1 saturated carbocycles. The van der Waals surface area contributed by atoms with Crippen molar-refractivity contribution in [2.45, 2.75) is 32.2 Å². The number of nitrogens with zero attached hydrogens (tertiary/aromatic N) is 1. The lowest BCUT2D eigenvalue weighted by Crippen LogP contribution is -2.47. The predicted octanol–water partition coefficient (Wildman–Crippen LogP) is 2.45. The van der Waals surface area contributed by atoms with Gasteiger partial charge in [-0.2, -0.15) is 0 Å². The molecule has 2 aliphatic rings. The van der Waals surface area contributed by atoms with Crippen molar-refractivity contribution in [3.05, 3.63) is 29.3 Å². The van der Waals surface area contributed by atoms with E-state index in [1.54, 1.807) is 0 Å². The molecule has 0 amide bonds. The monoisotopic (exact) mass is 260 g/mol. The van der Waals surface area contributed by atoms with E-state index in [0.29, 0.717) is 11.8 Å². The maximum absolute atomic E-state index is 10.4. The van der Waals surface area contributed by atoms with Crippen LogP contribution in [0.15, 0.2) is 18.2 Å². The number of nitrogens with one attached hydrogen (secondary N) is 1. The maximum Gasteiger partial charge on any atom is 0.123 e. The van der Waals surface area contributed by atoms with Gasteiger partial charge in [0.1, 0.15) is 5.75 Å². The summed E-state index contributed by atoms with van der Waals surface area (Å²) in [5.74, 6) is 1.24. The van der Waals surface area contributed by atoms with Crippen molar-refractivity contribution in [1.82, 2.24) is 10.2 Å². The van der Waals surface area contributed by atoms with Gasteiger partial charge in [0.2, 0.25) is 0 Å². The van der Waals surface area contributed by atoms with E-state index < -0.39 is 0 Å². The van der Waals surface area contributed by atoms with E-state index in [1.807, 2.05) is 13.0 Å². The number of hydrogen-bond donors (Lipinski definition) is 2. The van der Waals surface area contributed by atoms with Crippen LogP contribution in [0.4, 0.5) is 0 Å². The van der Waals surface area contributed by atoms with Gasteiger partial charge in [0.05, 0.1) is 0 Å². The minimum absolute atomic E-state index is 0.413. The summed E-state index contributed by atoms with van der Waals surface area (Å²) in [6.45, 7) is 6.31. The summed E-state index contributed by atoms with van der Waals surface area (Å²) in [6, 6.07) is 6.61. The van der Waals surface area contributed by atoms with E-state index in [9.17, 15) is 5.11 Å². The first-order valence-corrected chi connectivity index (χ1v) is 7.50. The average Bonchev–Trinajstić information content (AvgIpc) is 2.38. The van der Waals surface area contributed by atoms with E-state index in [0.717, 1.165) is 43.2 Å². The van der Waals surface area contributed by atoms with Gasteiger partial charge in [0, 0.05) is 37.8 Å². The Morgan fingerprint density at radius 3 is 2.63 bits per heavy atom. The van der Waals surface area contributed by atoms with Crippen molar-refractivity contribution in [2.75, 3.05) is 26.2 Å². The second-order valence-corrected chi connectivity index (χ2v) is 5.93. The highest BCUT2D eigenvalue weighted by atomic mass is 16.3. The first kappa shape index (κ1) is 12.9. The van der Waals surface area contributed by atoms with E-state index in [4.69, 9.17) is 0 Å². The normalized spacial score (nSPS) is 23.0. The third-order valence-corrected chi connectivity index (χ3v) is 4.73. The Bertz CT molecular complexity index is 436. The zero-order chi connectivity index (χ0) is 13.2. The molecule has 2 fully saturated rings. The van der Waals surface area contributed by atoms with Crippen LogP contribution in [0.3, 0.4) is 0 Å². The van der Waals surface area contributed by atoms with Crippen LogP contribution >= 0.6 is 0 Å². The van der Waals surface area contributed by atoms with Crippen LogP contribution in [0.25, 0.3) is 0 Å². The summed E-state index contributed by atoms with van der Waals surface area (Å²) < 4.78 is 0. The van der Waals surface area contributed by atoms with Crippen molar-refractivity contribution in [1.29, 1.82) is 0 Å². The van der Waals surface area contributed by atoms with Crippen LogP contribution in [-0.4, -0.2) is 36.2 Å². The van der Waals surface area contributed by atoms with Gasteiger partial charge < -0.3 is 10.4 Å². The number of aryl methyl sites for hydroxylation is 1. The summed E-state index contributed by atoms with van der Waals surface area (Å²) in [5, 5.41) is 13.8. The van der Waals surface area contributed by atoms with Crippen molar-refractivity contribution < 1.29 is 5.11 Å². The minimum Gasteiger partial charge on any atom is -0.507 e. The van der Waals surface area contributed by atoms with Gasteiger partial charge in [0.25, 0.3) is 0 Å². The fourth-order valence-electron chi connectivity index (χ4n) is 3.38. The molecule has 0 aromatic heterocycles. The molecular weight excluding hydrogens is 236 g/mol. The van der Waals surface area contributed by atoms with Gasteiger partial charge in [-0.25, -0.2) is 0 Å². The first-order valence-electron chi connectivity index (χ1n) is 7.50. The van der Waals surface area contributed by atoms with Crippen LogP contribution in [0, 0.1) is 12.8 Å². The number of para-hydroxylation sites is 1. The fraction of sp³-hybridized carbons (Fsp3) is 0.625. The summed E-state index contributed by atoms with van der Waals surface area (Å²) in [4.78, 5) is 2.56. The number of rotatable bonds is 3. The molecular formula is C16H24N2O. The van der Waals surface area contributed by atoms with E-state index >= 15 is 0 Å². The molecule has 1 aromatic carbocycles. The van der Waals surface area contributed by atoms with E-state index in [-0.39, 0.29) is 0 Å². The Labute approximate surface area is 115 Å². The number of benzene rings is 1. The fourth-order valence-corrected chi connectivity index (χ4v) is 3.38. The first-order chi connectivity index (χ1) is 9.27. The quantitative estimate of drug-likeness (QED) is 0.876. The summed E-state index contributed by atoms with van der Waals surface area (Å²) in [7, 11) is 0. The number of aromatic hydroxyl groups is 1. The molecule has 3 rings (SSSR count). The average molecular weight is 260 g/mol. The van der Waals surface area contributed by atoms with Crippen LogP contribution in [-0.2, 0) is 0 Å². The molecule has 2 N–H and O–H groups in total. The number of hydrogen-bond acceptors (Lipinski definition) is 3. The summed E-state index contributed by atoms with van der Waals surface area (Å²) >= 11 is 0. The lowest BCUT2D eigenvalue weighted by atomic mass is 9.76. The second kappa shape index (κ2) is 5.51. The van der Waals surface area contributed by atoms with Crippen LogP contribution in [0.2, 0.25) is 0 Å². The zero-order valence-corrected chi connectivity index (χ0v) is 11.7. The van der Waals surface area contributed by atoms with E-state index in [1.165, 1.54) is 19.3 Å².